The van der Waals surface area contributed by atoms with Crippen LogP contribution in [-0.4, -0.2) is 42.6 Å². The van der Waals surface area contributed by atoms with Gasteiger partial charge >= 0.3 is 0 Å². The van der Waals surface area contributed by atoms with Crippen molar-refractivity contribution in [2.75, 3.05) is 19.7 Å². The van der Waals surface area contributed by atoms with Crippen LogP contribution in [-0.2, 0) is 4.79 Å². The van der Waals surface area contributed by atoms with E-state index in [2.05, 4.69) is 24.7 Å². The maximum atomic E-state index is 13.5. The zero-order valence-corrected chi connectivity index (χ0v) is 14.0. The minimum absolute atomic E-state index is 0.0558. The van der Waals surface area contributed by atoms with Crippen molar-refractivity contribution >= 4 is 5.91 Å². The van der Waals surface area contributed by atoms with Crippen molar-refractivity contribution in [3.63, 3.8) is 0 Å². The molecular formula is C17H26FN3O2. The zero-order valence-electron chi connectivity index (χ0n) is 14.0. The number of ether oxygens (including phenoxy) is 1. The van der Waals surface area contributed by atoms with Gasteiger partial charge < -0.3 is 9.64 Å². The van der Waals surface area contributed by atoms with Gasteiger partial charge in [0.15, 0.2) is 11.6 Å². The second-order valence-electron chi connectivity index (χ2n) is 6.12. The summed E-state index contributed by atoms with van der Waals surface area (Å²) in [7, 11) is 0. The monoisotopic (exact) mass is 323 g/mol. The Kier molecular flexibility index (Phi) is 6.36. The van der Waals surface area contributed by atoms with Crippen molar-refractivity contribution in [2.45, 2.75) is 39.3 Å². The molecule has 0 saturated carbocycles. The predicted octanol–water partition coefficient (Wildman–Crippen LogP) is 1.94. The SMILES string of the molecule is CCN(CCOc1ccccc1F)C(=O)C1CC(C(C)C)NN1. The van der Waals surface area contributed by atoms with Gasteiger partial charge in [-0.15, -0.1) is 0 Å². The second kappa shape index (κ2) is 8.26. The number of nitrogens with one attached hydrogen (secondary N) is 2. The van der Waals surface area contributed by atoms with E-state index in [1.165, 1.54) is 6.07 Å². The lowest BCUT2D eigenvalue weighted by Gasteiger charge is -2.24. The first kappa shape index (κ1) is 17.7. The van der Waals surface area contributed by atoms with Crippen LogP contribution in [0.25, 0.3) is 0 Å². The molecule has 1 aliphatic rings. The van der Waals surface area contributed by atoms with Crippen molar-refractivity contribution in [3.8, 4) is 5.75 Å². The van der Waals surface area contributed by atoms with Gasteiger partial charge in [0, 0.05) is 12.6 Å². The Labute approximate surface area is 137 Å². The third-order valence-electron chi connectivity index (χ3n) is 4.18. The lowest BCUT2D eigenvalue weighted by atomic mass is 9.99. The number of likely N-dealkylation sites (N-methyl/N-ethyl adjacent to an activating group) is 1. The number of carbonyl (C=O) groups is 1. The predicted molar refractivity (Wildman–Crippen MR) is 87.5 cm³/mol. The van der Waals surface area contributed by atoms with Crippen LogP contribution in [0.4, 0.5) is 4.39 Å². The molecule has 0 bridgehead atoms. The van der Waals surface area contributed by atoms with E-state index < -0.39 is 0 Å². The van der Waals surface area contributed by atoms with Gasteiger partial charge in [-0.2, -0.15) is 0 Å². The molecule has 1 aromatic rings. The molecule has 6 heteroatoms. The van der Waals surface area contributed by atoms with Gasteiger partial charge in [-0.3, -0.25) is 10.2 Å². The molecule has 1 heterocycles. The van der Waals surface area contributed by atoms with Crippen LogP contribution in [0.1, 0.15) is 27.2 Å². The fraction of sp³-hybridized carbons (Fsp3) is 0.588. The van der Waals surface area contributed by atoms with Crippen molar-refractivity contribution < 1.29 is 13.9 Å². The zero-order chi connectivity index (χ0) is 16.8. The van der Waals surface area contributed by atoms with Crippen LogP contribution in [0.15, 0.2) is 24.3 Å². The maximum Gasteiger partial charge on any atom is 0.241 e. The highest BCUT2D eigenvalue weighted by Gasteiger charge is 2.32. The van der Waals surface area contributed by atoms with E-state index in [9.17, 15) is 9.18 Å². The summed E-state index contributed by atoms with van der Waals surface area (Å²) in [4.78, 5) is 14.3. The number of carbonyl (C=O) groups excluding carboxylic acids is 1. The molecule has 1 aromatic carbocycles. The van der Waals surface area contributed by atoms with Crippen molar-refractivity contribution in [1.29, 1.82) is 0 Å². The van der Waals surface area contributed by atoms with E-state index in [0.717, 1.165) is 6.42 Å². The van der Waals surface area contributed by atoms with Crippen molar-refractivity contribution in [3.05, 3.63) is 30.1 Å². The Morgan fingerprint density at radius 2 is 2.13 bits per heavy atom. The van der Waals surface area contributed by atoms with Crippen LogP contribution in [0, 0.1) is 11.7 Å². The minimum atomic E-state index is -0.386. The first-order valence-corrected chi connectivity index (χ1v) is 8.20. The molecule has 2 rings (SSSR count). The van der Waals surface area contributed by atoms with Crippen LogP contribution >= 0.6 is 0 Å². The van der Waals surface area contributed by atoms with Gasteiger partial charge in [0.1, 0.15) is 12.6 Å². The summed E-state index contributed by atoms with van der Waals surface area (Å²) < 4.78 is 18.9. The Morgan fingerprint density at radius 3 is 2.74 bits per heavy atom. The number of nitrogens with zero attached hydrogens (tertiary/aromatic N) is 1. The summed E-state index contributed by atoms with van der Waals surface area (Å²) in [5, 5.41) is 0. The molecule has 2 N–H and O–H groups in total. The molecule has 5 nitrogen and oxygen atoms in total. The number of hydrazine groups is 1. The molecule has 1 amide bonds. The number of benzene rings is 1. The molecule has 0 aromatic heterocycles. The van der Waals surface area contributed by atoms with Gasteiger partial charge in [0.2, 0.25) is 5.91 Å². The maximum absolute atomic E-state index is 13.5. The third-order valence-corrected chi connectivity index (χ3v) is 4.18. The lowest BCUT2D eigenvalue weighted by molar-refractivity contribution is -0.133. The van der Waals surface area contributed by atoms with Gasteiger partial charge in [0.05, 0.1) is 6.54 Å². The average molecular weight is 323 g/mol. The van der Waals surface area contributed by atoms with Crippen LogP contribution in [0.3, 0.4) is 0 Å². The summed E-state index contributed by atoms with van der Waals surface area (Å²) >= 11 is 0. The van der Waals surface area contributed by atoms with Gasteiger partial charge in [-0.25, -0.2) is 9.82 Å². The van der Waals surface area contributed by atoms with Crippen molar-refractivity contribution in [2.24, 2.45) is 5.92 Å². The summed E-state index contributed by atoms with van der Waals surface area (Å²) in [6.45, 7) is 7.51. The largest absolute Gasteiger partial charge is 0.489 e. The lowest BCUT2D eigenvalue weighted by Crippen LogP contribution is -2.47. The number of hydrogen-bond acceptors (Lipinski definition) is 4. The first-order chi connectivity index (χ1) is 11.0. The molecule has 0 spiro atoms. The highest BCUT2D eigenvalue weighted by Crippen LogP contribution is 2.16. The smallest absolute Gasteiger partial charge is 0.241 e. The van der Waals surface area contributed by atoms with E-state index in [-0.39, 0.29) is 30.1 Å². The fourth-order valence-corrected chi connectivity index (χ4v) is 2.65. The molecule has 0 radical (unpaired) electrons. The number of para-hydroxylation sites is 1. The minimum Gasteiger partial charge on any atom is -0.489 e. The summed E-state index contributed by atoms with van der Waals surface area (Å²) in [6.07, 6.45) is 0.779. The molecular weight excluding hydrogens is 297 g/mol. The molecule has 1 aliphatic heterocycles. The van der Waals surface area contributed by atoms with Crippen LogP contribution in [0.2, 0.25) is 0 Å². The normalized spacial score (nSPS) is 20.7. The van der Waals surface area contributed by atoms with Gasteiger partial charge in [0.25, 0.3) is 0 Å². The Hall–Kier alpha value is -1.66. The fourth-order valence-electron chi connectivity index (χ4n) is 2.65. The quantitative estimate of drug-likeness (QED) is 0.805. The Bertz CT molecular complexity index is 524. The average Bonchev–Trinajstić information content (AvgIpc) is 3.03. The summed E-state index contributed by atoms with van der Waals surface area (Å²) in [5.41, 5.74) is 6.25. The highest BCUT2D eigenvalue weighted by molar-refractivity contribution is 5.82. The van der Waals surface area contributed by atoms with E-state index in [1.54, 1.807) is 23.1 Å². The number of halogens is 1. The van der Waals surface area contributed by atoms with Gasteiger partial charge in [-0.05, 0) is 31.4 Å². The second-order valence-corrected chi connectivity index (χ2v) is 6.12. The van der Waals surface area contributed by atoms with Crippen molar-refractivity contribution in [1.82, 2.24) is 15.8 Å². The highest BCUT2D eigenvalue weighted by atomic mass is 19.1. The molecule has 2 atom stereocenters. The first-order valence-electron chi connectivity index (χ1n) is 8.20. The van der Waals surface area contributed by atoms with E-state index in [0.29, 0.717) is 25.0 Å². The molecule has 0 aliphatic carbocycles. The Balaban J connectivity index is 1.83. The van der Waals surface area contributed by atoms with Gasteiger partial charge in [-0.1, -0.05) is 26.0 Å². The molecule has 128 valence electrons. The number of hydrogen-bond donors (Lipinski definition) is 2. The van der Waals surface area contributed by atoms with Crippen LogP contribution < -0.4 is 15.6 Å². The summed E-state index contributed by atoms with van der Waals surface area (Å²) in [6, 6.07) is 6.38. The van der Waals surface area contributed by atoms with E-state index in [4.69, 9.17) is 4.74 Å². The molecule has 1 saturated heterocycles. The number of amides is 1. The van der Waals surface area contributed by atoms with E-state index >= 15 is 0 Å². The topological polar surface area (TPSA) is 53.6 Å². The van der Waals surface area contributed by atoms with E-state index in [1.807, 2.05) is 6.92 Å². The molecule has 2 unspecified atom stereocenters. The Morgan fingerprint density at radius 1 is 1.39 bits per heavy atom. The van der Waals surface area contributed by atoms with Crippen LogP contribution in [0.5, 0.6) is 5.75 Å². The standard InChI is InChI=1S/C17H26FN3O2/c1-4-21(9-10-23-16-8-6-5-7-13(16)18)17(22)15-11-14(12(2)3)19-20-15/h5-8,12,14-15,19-20H,4,9-11H2,1-3H3. The summed E-state index contributed by atoms with van der Waals surface area (Å²) in [5.74, 6) is 0.361. The molecule has 23 heavy (non-hydrogen) atoms. The number of rotatable bonds is 7. The molecule has 1 fully saturated rings. The third kappa shape index (κ3) is 4.65.